The van der Waals surface area contributed by atoms with Crippen LogP contribution in [-0.4, -0.2) is 6.26 Å². The summed E-state index contributed by atoms with van der Waals surface area (Å²) in [5, 5.41) is 0. The Hall–Kier alpha value is -1.18. The summed E-state index contributed by atoms with van der Waals surface area (Å²) in [6.07, 6.45) is -0.792. The number of rotatable bonds is 1. The highest BCUT2D eigenvalue weighted by Crippen LogP contribution is 1.98. The minimum atomic E-state index is -0.792. The van der Waals surface area contributed by atoms with E-state index in [9.17, 15) is 9.18 Å². The first-order valence-corrected chi connectivity index (χ1v) is 2.46. The molecule has 46 valence electrons. The molecule has 1 aromatic rings. The van der Waals surface area contributed by atoms with Crippen molar-refractivity contribution in [3.63, 3.8) is 0 Å². The van der Waals surface area contributed by atoms with Crippen LogP contribution < -0.4 is 0 Å². The first kappa shape index (κ1) is 4.68. The van der Waals surface area contributed by atoms with Gasteiger partial charge >= 0.3 is 0 Å². The third-order valence-electron chi connectivity index (χ3n) is 0.962. The SMILES string of the molecule is [2H]C(=O)c1ccc(F)cc1. The number of hydrogen-bond donors (Lipinski definition) is 0. The predicted octanol–water partition coefficient (Wildman–Crippen LogP) is 1.64. The summed E-state index contributed by atoms with van der Waals surface area (Å²) in [4.78, 5) is 10.3. The van der Waals surface area contributed by atoms with Crippen LogP contribution in [0.3, 0.4) is 0 Å². The van der Waals surface area contributed by atoms with E-state index in [1.807, 2.05) is 0 Å². The van der Waals surface area contributed by atoms with Crippen molar-refractivity contribution < 1.29 is 10.6 Å². The van der Waals surface area contributed by atoms with Crippen molar-refractivity contribution in [1.82, 2.24) is 0 Å². The van der Waals surface area contributed by atoms with Gasteiger partial charge in [0.05, 0.1) is 0 Å². The molecule has 1 aromatic carbocycles. The van der Waals surface area contributed by atoms with Crippen LogP contribution in [0.4, 0.5) is 4.39 Å². The van der Waals surface area contributed by atoms with Gasteiger partial charge in [0.1, 0.15) is 13.5 Å². The highest BCUT2D eigenvalue weighted by atomic mass is 19.1. The smallest absolute Gasteiger partial charge is 0.150 e. The summed E-state index contributed by atoms with van der Waals surface area (Å²) < 4.78 is 18.8. The van der Waals surface area contributed by atoms with Gasteiger partial charge in [0, 0.05) is 5.56 Å². The minimum Gasteiger partial charge on any atom is -0.298 e. The topological polar surface area (TPSA) is 17.1 Å². The van der Waals surface area contributed by atoms with Crippen LogP contribution in [0.1, 0.15) is 11.7 Å². The predicted molar refractivity (Wildman–Crippen MR) is 31.8 cm³/mol. The van der Waals surface area contributed by atoms with E-state index in [2.05, 4.69) is 0 Å². The second-order valence-electron chi connectivity index (χ2n) is 1.61. The number of benzene rings is 1. The van der Waals surface area contributed by atoms with Crippen molar-refractivity contribution in [3.8, 4) is 0 Å². The van der Waals surface area contributed by atoms with Gasteiger partial charge in [-0.05, 0) is 24.3 Å². The van der Waals surface area contributed by atoms with Gasteiger partial charge < -0.3 is 0 Å². The quantitative estimate of drug-likeness (QED) is 0.521. The fourth-order valence-electron chi connectivity index (χ4n) is 0.518. The molecule has 2 heteroatoms. The Kier molecular flexibility index (Phi) is 1.24. The fraction of sp³-hybridized carbons (Fsp3) is 0. The van der Waals surface area contributed by atoms with Crippen LogP contribution in [0.2, 0.25) is 0 Å². The van der Waals surface area contributed by atoms with Crippen LogP contribution in [0.25, 0.3) is 0 Å². The molecule has 1 rings (SSSR count). The first-order valence-electron chi connectivity index (χ1n) is 2.96. The van der Waals surface area contributed by atoms with Gasteiger partial charge in [0.25, 0.3) is 0 Å². The number of hydrogen-bond acceptors (Lipinski definition) is 1. The van der Waals surface area contributed by atoms with E-state index in [0.717, 1.165) is 12.1 Å². The molecular formula is C7H5FO. The molecule has 1 nitrogen and oxygen atoms in total. The molecule has 0 aliphatic heterocycles. The Bertz CT molecular complexity index is 242. The molecule has 0 saturated heterocycles. The lowest BCUT2D eigenvalue weighted by molar-refractivity contribution is 0.112. The van der Waals surface area contributed by atoms with Gasteiger partial charge in [0.2, 0.25) is 0 Å². The van der Waals surface area contributed by atoms with Crippen molar-refractivity contribution >= 4 is 6.26 Å². The number of halogens is 1. The maximum absolute atomic E-state index is 12.2. The average Bonchev–Trinajstić information content (AvgIpc) is 1.88. The van der Waals surface area contributed by atoms with E-state index in [0.29, 0.717) is 0 Å². The van der Waals surface area contributed by atoms with Crippen LogP contribution >= 0.6 is 0 Å². The second-order valence-corrected chi connectivity index (χ2v) is 1.61. The zero-order valence-corrected chi connectivity index (χ0v) is 4.60. The minimum absolute atomic E-state index is 0.210. The molecule has 9 heavy (non-hydrogen) atoms. The van der Waals surface area contributed by atoms with Gasteiger partial charge in [-0.1, -0.05) is 0 Å². The molecule has 0 radical (unpaired) electrons. The zero-order chi connectivity index (χ0) is 7.56. The summed E-state index contributed by atoms with van der Waals surface area (Å²) in [6.45, 7) is 0. The van der Waals surface area contributed by atoms with E-state index in [1.54, 1.807) is 0 Å². The standard InChI is InChI=1S/C7H5FO/c8-7-3-1-6(5-9)2-4-7/h1-5H/i5D. The molecule has 0 atom stereocenters. The Labute approximate surface area is 53.5 Å². The third-order valence-corrected chi connectivity index (χ3v) is 0.962. The monoisotopic (exact) mass is 125 g/mol. The van der Waals surface area contributed by atoms with E-state index in [-0.39, 0.29) is 5.56 Å². The van der Waals surface area contributed by atoms with Crippen molar-refractivity contribution in [2.45, 2.75) is 0 Å². The number of aldehydes is 1. The molecule has 0 aliphatic rings. The Morgan fingerprint density at radius 1 is 1.44 bits per heavy atom. The third kappa shape index (κ3) is 1.35. The summed E-state index contributed by atoms with van der Waals surface area (Å²) in [7, 11) is 0. The molecular weight excluding hydrogens is 119 g/mol. The molecule has 0 saturated carbocycles. The summed E-state index contributed by atoms with van der Waals surface area (Å²) in [5.74, 6) is -0.398. The number of carbonyl (C=O) groups is 1. The summed E-state index contributed by atoms with van der Waals surface area (Å²) in [5.41, 5.74) is 0.210. The summed E-state index contributed by atoms with van der Waals surface area (Å²) in [6, 6.07) is 4.87. The van der Waals surface area contributed by atoms with Gasteiger partial charge in [-0.2, -0.15) is 0 Å². The Balaban J connectivity index is 3.00. The molecule has 0 spiro atoms. The maximum Gasteiger partial charge on any atom is 0.150 e. The normalized spacial score (nSPS) is 10.6. The van der Waals surface area contributed by atoms with Crippen LogP contribution in [0.5, 0.6) is 0 Å². The molecule has 0 amide bonds. The van der Waals surface area contributed by atoms with Gasteiger partial charge in [0.15, 0.2) is 0 Å². The highest BCUT2D eigenvalue weighted by Gasteiger charge is 1.87. The lowest BCUT2D eigenvalue weighted by Crippen LogP contribution is -1.77. The Morgan fingerprint density at radius 2 is 2.00 bits per heavy atom. The second kappa shape index (κ2) is 2.40. The largest absolute Gasteiger partial charge is 0.298 e. The van der Waals surface area contributed by atoms with Crippen LogP contribution in [0, 0.1) is 5.82 Å². The lowest BCUT2D eigenvalue weighted by Gasteiger charge is -1.86. The number of carbonyl (C=O) groups excluding carboxylic acids is 1. The average molecular weight is 125 g/mol. The molecule has 0 aliphatic carbocycles. The van der Waals surface area contributed by atoms with E-state index < -0.39 is 12.1 Å². The lowest BCUT2D eigenvalue weighted by atomic mass is 10.2. The van der Waals surface area contributed by atoms with Gasteiger partial charge in [-0.15, -0.1) is 0 Å². The highest BCUT2D eigenvalue weighted by molar-refractivity contribution is 5.74. The maximum atomic E-state index is 12.2. The molecule has 0 N–H and O–H groups in total. The van der Waals surface area contributed by atoms with Gasteiger partial charge in [-0.25, -0.2) is 4.39 Å². The zero-order valence-electron chi connectivity index (χ0n) is 5.60. The molecule has 0 bridgehead atoms. The summed E-state index contributed by atoms with van der Waals surface area (Å²) >= 11 is 0. The van der Waals surface area contributed by atoms with Crippen molar-refractivity contribution in [3.05, 3.63) is 35.6 Å². The van der Waals surface area contributed by atoms with E-state index in [4.69, 9.17) is 1.37 Å². The molecule has 0 unspecified atom stereocenters. The van der Waals surface area contributed by atoms with Crippen molar-refractivity contribution in [1.29, 1.82) is 0 Å². The van der Waals surface area contributed by atoms with E-state index in [1.165, 1.54) is 12.1 Å². The van der Waals surface area contributed by atoms with Crippen LogP contribution in [0.15, 0.2) is 24.3 Å². The molecule has 0 aromatic heterocycles. The van der Waals surface area contributed by atoms with E-state index >= 15 is 0 Å². The van der Waals surface area contributed by atoms with Crippen LogP contribution in [-0.2, 0) is 0 Å². The van der Waals surface area contributed by atoms with Gasteiger partial charge in [-0.3, -0.25) is 4.79 Å². The first-order chi connectivity index (χ1) is 4.70. The molecule has 0 fully saturated rings. The Morgan fingerprint density at radius 3 is 2.44 bits per heavy atom. The fourth-order valence-corrected chi connectivity index (χ4v) is 0.518. The van der Waals surface area contributed by atoms with Crippen molar-refractivity contribution in [2.75, 3.05) is 0 Å². The molecule has 0 heterocycles. The van der Waals surface area contributed by atoms with Crippen molar-refractivity contribution in [2.24, 2.45) is 0 Å².